The molecule has 3 N–H and O–H groups in total. The first-order valence-electron chi connectivity index (χ1n) is 4.87. The Balaban J connectivity index is 2.28. The number of rotatable bonds is 3. The number of halogens is 1. The Morgan fingerprint density at radius 2 is 2.20 bits per heavy atom. The summed E-state index contributed by atoms with van der Waals surface area (Å²) in [7, 11) is 1.58. The highest BCUT2D eigenvalue weighted by atomic mass is 35.5. The van der Waals surface area contributed by atoms with Crippen LogP contribution in [-0.2, 0) is 0 Å². The van der Waals surface area contributed by atoms with Crippen molar-refractivity contribution in [1.82, 2.24) is 0 Å². The smallest absolute Gasteiger partial charge is 0.120 e. The van der Waals surface area contributed by atoms with E-state index in [0.29, 0.717) is 16.3 Å². The molecule has 0 saturated heterocycles. The average molecular weight is 228 g/mol. The lowest BCUT2D eigenvalue weighted by atomic mass is 10.0. The van der Waals surface area contributed by atoms with Crippen molar-refractivity contribution in [3.05, 3.63) is 28.8 Å². The monoisotopic (exact) mass is 227 g/mol. The number of hydrogen-bond donors (Lipinski definition) is 2. The van der Waals surface area contributed by atoms with Crippen molar-refractivity contribution in [2.24, 2.45) is 5.73 Å². The minimum Gasteiger partial charge on any atom is -0.497 e. The second kappa shape index (κ2) is 3.67. The van der Waals surface area contributed by atoms with E-state index in [-0.39, 0.29) is 0 Å². The Bertz CT molecular complexity index is 377. The van der Waals surface area contributed by atoms with Gasteiger partial charge in [0.1, 0.15) is 5.75 Å². The van der Waals surface area contributed by atoms with Crippen molar-refractivity contribution in [2.75, 3.05) is 7.11 Å². The molecule has 0 aromatic heterocycles. The molecule has 1 aromatic carbocycles. The number of methoxy groups -OCH3 is 1. The van der Waals surface area contributed by atoms with Crippen molar-refractivity contribution in [1.29, 1.82) is 0 Å². The minimum atomic E-state index is -0.684. The summed E-state index contributed by atoms with van der Waals surface area (Å²) in [4.78, 5) is 0. The molecule has 3 nitrogen and oxygen atoms in total. The quantitative estimate of drug-likeness (QED) is 0.829. The standard InChI is InChI=1S/C11H14ClNO2/c1-15-7-2-3-8(9(12)6-7)10(14)11(13)4-5-11/h2-3,6,10,14H,4-5,13H2,1H3. The Labute approximate surface area is 93.8 Å². The molecular weight excluding hydrogens is 214 g/mol. The van der Waals surface area contributed by atoms with E-state index in [2.05, 4.69) is 0 Å². The molecular formula is C11H14ClNO2. The molecule has 1 fully saturated rings. The van der Waals surface area contributed by atoms with Gasteiger partial charge in [0.15, 0.2) is 0 Å². The predicted octanol–water partition coefficient (Wildman–Crippen LogP) is 1.87. The van der Waals surface area contributed by atoms with E-state index in [4.69, 9.17) is 22.1 Å². The number of aliphatic hydroxyl groups is 1. The minimum absolute atomic E-state index is 0.474. The van der Waals surface area contributed by atoms with E-state index in [1.807, 2.05) is 0 Å². The van der Waals surface area contributed by atoms with Crippen LogP contribution < -0.4 is 10.5 Å². The van der Waals surface area contributed by atoms with E-state index >= 15 is 0 Å². The van der Waals surface area contributed by atoms with Crippen molar-refractivity contribution >= 4 is 11.6 Å². The molecule has 0 bridgehead atoms. The van der Waals surface area contributed by atoms with Gasteiger partial charge in [0.25, 0.3) is 0 Å². The maximum absolute atomic E-state index is 10.0. The van der Waals surface area contributed by atoms with Gasteiger partial charge < -0.3 is 15.6 Å². The molecule has 82 valence electrons. The summed E-state index contributed by atoms with van der Waals surface area (Å²) in [6, 6.07) is 5.22. The Morgan fingerprint density at radius 1 is 1.53 bits per heavy atom. The number of benzene rings is 1. The molecule has 1 saturated carbocycles. The first-order valence-corrected chi connectivity index (χ1v) is 5.25. The first kappa shape index (κ1) is 10.7. The molecule has 0 aliphatic heterocycles. The molecule has 4 heteroatoms. The van der Waals surface area contributed by atoms with Crippen LogP contribution >= 0.6 is 11.6 Å². The lowest BCUT2D eigenvalue weighted by Crippen LogP contribution is -2.30. The lowest BCUT2D eigenvalue weighted by Gasteiger charge is -2.19. The summed E-state index contributed by atoms with van der Waals surface area (Å²) in [5.74, 6) is 0.679. The van der Waals surface area contributed by atoms with Crippen LogP contribution in [0.3, 0.4) is 0 Å². The molecule has 0 spiro atoms. The molecule has 1 atom stereocenters. The molecule has 2 rings (SSSR count). The lowest BCUT2D eigenvalue weighted by molar-refractivity contribution is 0.136. The van der Waals surface area contributed by atoms with Gasteiger partial charge in [-0.05, 0) is 25.0 Å². The Hall–Kier alpha value is -0.770. The zero-order valence-corrected chi connectivity index (χ0v) is 9.29. The number of hydrogen-bond acceptors (Lipinski definition) is 3. The number of ether oxygens (including phenoxy) is 1. The highest BCUT2D eigenvalue weighted by Gasteiger charge is 2.46. The number of nitrogens with two attached hydrogens (primary N) is 1. The zero-order valence-electron chi connectivity index (χ0n) is 8.53. The van der Waals surface area contributed by atoms with Crippen LogP contribution in [0.5, 0.6) is 5.75 Å². The van der Waals surface area contributed by atoms with Crippen LogP contribution in [0.2, 0.25) is 5.02 Å². The van der Waals surface area contributed by atoms with Crippen molar-refractivity contribution in [3.8, 4) is 5.75 Å². The topological polar surface area (TPSA) is 55.5 Å². The molecule has 1 aromatic rings. The summed E-state index contributed by atoms with van der Waals surface area (Å²) in [6.07, 6.45) is 1.00. The first-order chi connectivity index (χ1) is 7.07. The molecule has 1 aliphatic carbocycles. The third kappa shape index (κ3) is 1.95. The Kier molecular flexibility index (Phi) is 2.63. The second-order valence-electron chi connectivity index (χ2n) is 4.02. The van der Waals surface area contributed by atoms with Crippen molar-refractivity contribution < 1.29 is 9.84 Å². The predicted molar refractivity (Wildman–Crippen MR) is 59.1 cm³/mol. The Morgan fingerprint density at radius 3 is 2.67 bits per heavy atom. The second-order valence-corrected chi connectivity index (χ2v) is 4.43. The van der Waals surface area contributed by atoms with E-state index in [1.165, 1.54) is 0 Å². The molecule has 1 unspecified atom stereocenters. The SMILES string of the molecule is COc1ccc(C(O)C2(N)CC2)c(Cl)c1. The van der Waals surface area contributed by atoms with Crippen molar-refractivity contribution in [3.63, 3.8) is 0 Å². The van der Waals surface area contributed by atoms with Gasteiger partial charge >= 0.3 is 0 Å². The van der Waals surface area contributed by atoms with Crippen molar-refractivity contribution in [2.45, 2.75) is 24.5 Å². The molecule has 15 heavy (non-hydrogen) atoms. The van der Waals surface area contributed by atoms with E-state index in [9.17, 15) is 5.11 Å². The van der Waals surface area contributed by atoms with E-state index < -0.39 is 11.6 Å². The fourth-order valence-corrected chi connectivity index (χ4v) is 1.86. The largest absolute Gasteiger partial charge is 0.497 e. The fourth-order valence-electron chi connectivity index (χ4n) is 1.58. The van der Waals surface area contributed by atoms with Gasteiger partial charge in [-0.25, -0.2) is 0 Å². The highest BCUT2D eigenvalue weighted by molar-refractivity contribution is 6.31. The van der Waals surface area contributed by atoms with Crippen LogP contribution in [0.25, 0.3) is 0 Å². The van der Waals surface area contributed by atoms with Gasteiger partial charge in [-0.1, -0.05) is 17.7 Å². The van der Waals surface area contributed by atoms with E-state index in [1.54, 1.807) is 25.3 Å². The summed E-state index contributed by atoms with van der Waals surface area (Å²) in [5.41, 5.74) is 6.13. The number of aliphatic hydroxyl groups excluding tert-OH is 1. The van der Waals surface area contributed by atoms with Crippen LogP contribution in [0.4, 0.5) is 0 Å². The maximum atomic E-state index is 10.0. The third-order valence-electron chi connectivity index (χ3n) is 2.87. The van der Waals surface area contributed by atoms with Gasteiger partial charge in [0.05, 0.1) is 18.2 Å². The molecule has 1 aliphatic rings. The van der Waals surface area contributed by atoms with Gasteiger partial charge in [-0.3, -0.25) is 0 Å². The van der Waals surface area contributed by atoms with Gasteiger partial charge in [0.2, 0.25) is 0 Å². The molecule has 0 heterocycles. The van der Waals surface area contributed by atoms with Gasteiger partial charge in [0, 0.05) is 11.1 Å². The summed E-state index contributed by atoms with van der Waals surface area (Å²) in [6.45, 7) is 0. The van der Waals surface area contributed by atoms with Crippen LogP contribution in [-0.4, -0.2) is 17.8 Å². The fraction of sp³-hybridized carbons (Fsp3) is 0.455. The van der Waals surface area contributed by atoms with Gasteiger partial charge in [-0.2, -0.15) is 0 Å². The average Bonchev–Trinajstić information content (AvgIpc) is 2.96. The summed E-state index contributed by atoms with van der Waals surface area (Å²) in [5, 5.41) is 10.5. The zero-order chi connectivity index (χ0) is 11.1. The van der Waals surface area contributed by atoms with Crippen LogP contribution in [0.1, 0.15) is 24.5 Å². The summed E-state index contributed by atoms with van der Waals surface area (Å²) >= 11 is 6.04. The summed E-state index contributed by atoms with van der Waals surface area (Å²) < 4.78 is 5.03. The molecule has 0 amide bonds. The van der Waals surface area contributed by atoms with Crippen LogP contribution in [0, 0.1) is 0 Å². The molecule has 0 radical (unpaired) electrons. The van der Waals surface area contributed by atoms with Crippen LogP contribution in [0.15, 0.2) is 18.2 Å². The maximum Gasteiger partial charge on any atom is 0.120 e. The normalized spacial score (nSPS) is 19.7. The highest BCUT2D eigenvalue weighted by Crippen LogP contribution is 2.45. The van der Waals surface area contributed by atoms with E-state index in [0.717, 1.165) is 12.8 Å². The van der Waals surface area contributed by atoms with Gasteiger partial charge in [-0.15, -0.1) is 0 Å². The third-order valence-corrected chi connectivity index (χ3v) is 3.20.